The Balaban J connectivity index is 1.91. The van der Waals surface area contributed by atoms with Crippen LogP contribution in [0.15, 0.2) is 0 Å². The molecule has 0 aliphatic carbocycles. The molecule has 0 bridgehead atoms. The fourth-order valence-corrected chi connectivity index (χ4v) is 2.70. The lowest BCUT2D eigenvalue weighted by atomic mass is 9.94. The first-order chi connectivity index (χ1) is 8.18. The predicted octanol–water partition coefficient (Wildman–Crippen LogP) is 0.309. The molecule has 2 rings (SSSR count). The van der Waals surface area contributed by atoms with Crippen molar-refractivity contribution >= 4 is 11.9 Å². The second-order valence-corrected chi connectivity index (χ2v) is 5.00. The second kappa shape index (κ2) is 5.49. The van der Waals surface area contributed by atoms with Crippen molar-refractivity contribution in [2.24, 2.45) is 11.8 Å². The average Bonchev–Trinajstić information content (AvgIpc) is 2.39. The SMILES string of the molecule is O=C(O)[C@H]1CCCN(C(=O)[C@H]2CCCNC2)C1. The van der Waals surface area contributed by atoms with Crippen molar-refractivity contribution in [3.8, 4) is 0 Å². The minimum atomic E-state index is -0.774. The van der Waals surface area contributed by atoms with Crippen LogP contribution in [0.5, 0.6) is 0 Å². The van der Waals surface area contributed by atoms with Crippen molar-refractivity contribution in [3.63, 3.8) is 0 Å². The Labute approximate surface area is 101 Å². The van der Waals surface area contributed by atoms with E-state index in [0.29, 0.717) is 13.0 Å². The average molecular weight is 240 g/mol. The van der Waals surface area contributed by atoms with Crippen LogP contribution in [0, 0.1) is 11.8 Å². The summed E-state index contributed by atoms with van der Waals surface area (Å²) in [6, 6.07) is 0. The van der Waals surface area contributed by atoms with Crippen molar-refractivity contribution in [1.82, 2.24) is 10.2 Å². The summed E-state index contributed by atoms with van der Waals surface area (Å²) in [6.45, 7) is 2.85. The molecule has 0 aromatic carbocycles. The van der Waals surface area contributed by atoms with Crippen molar-refractivity contribution in [3.05, 3.63) is 0 Å². The van der Waals surface area contributed by atoms with Crippen LogP contribution in [0.25, 0.3) is 0 Å². The van der Waals surface area contributed by atoms with Crippen LogP contribution in [0.1, 0.15) is 25.7 Å². The van der Waals surface area contributed by atoms with Crippen molar-refractivity contribution in [2.75, 3.05) is 26.2 Å². The summed E-state index contributed by atoms with van der Waals surface area (Å²) in [7, 11) is 0. The topological polar surface area (TPSA) is 69.6 Å². The van der Waals surface area contributed by atoms with Gasteiger partial charge < -0.3 is 15.3 Å². The highest BCUT2D eigenvalue weighted by Crippen LogP contribution is 2.20. The molecule has 2 fully saturated rings. The van der Waals surface area contributed by atoms with Gasteiger partial charge >= 0.3 is 5.97 Å². The molecule has 1 amide bonds. The van der Waals surface area contributed by atoms with Crippen LogP contribution in [-0.2, 0) is 9.59 Å². The number of rotatable bonds is 2. The Kier molecular flexibility index (Phi) is 3.99. The maximum Gasteiger partial charge on any atom is 0.308 e. The molecular formula is C12H20N2O3. The molecule has 2 heterocycles. The summed E-state index contributed by atoms with van der Waals surface area (Å²) in [6.07, 6.45) is 3.47. The number of amides is 1. The number of carboxylic acids is 1. The highest BCUT2D eigenvalue weighted by Gasteiger charge is 2.32. The quantitative estimate of drug-likeness (QED) is 0.729. The fourth-order valence-electron chi connectivity index (χ4n) is 2.70. The number of hydrogen-bond donors (Lipinski definition) is 2. The van der Waals surface area contributed by atoms with Gasteiger partial charge in [-0.25, -0.2) is 0 Å². The van der Waals surface area contributed by atoms with Crippen molar-refractivity contribution in [2.45, 2.75) is 25.7 Å². The summed E-state index contributed by atoms with van der Waals surface area (Å²) < 4.78 is 0. The monoisotopic (exact) mass is 240 g/mol. The first kappa shape index (κ1) is 12.4. The van der Waals surface area contributed by atoms with Gasteiger partial charge in [-0.3, -0.25) is 9.59 Å². The molecule has 2 atom stereocenters. The molecule has 0 saturated carbocycles. The largest absolute Gasteiger partial charge is 0.481 e. The van der Waals surface area contributed by atoms with Crippen LogP contribution < -0.4 is 5.32 Å². The molecule has 5 heteroatoms. The van der Waals surface area contributed by atoms with E-state index in [9.17, 15) is 9.59 Å². The third-order valence-electron chi connectivity index (χ3n) is 3.73. The zero-order chi connectivity index (χ0) is 12.3. The molecule has 2 aliphatic heterocycles. The van der Waals surface area contributed by atoms with E-state index in [1.54, 1.807) is 4.90 Å². The molecule has 2 saturated heterocycles. The number of likely N-dealkylation sites (tertiary alicyclic amines) is 1. The molecular weight excluding hydrogens is 220 g/mol. The van der Waals surface area contributed by atoms with E-state index in [1.807, 2.05) is 0 Å². The van der Waals surface area contributed by atoms with Gasteiger partial charge in [-0.2, -0.15) is 0 Å². The number of nitrogens with zero attached hydrogens (tertiary/aromatic N) is 1. The number of aliphatic carboxylic acids is 1. The number of nitrogens with one attached hydrogen (secondary N) is 1. The maximum atomic E-state index is 12.2. The lowest BCUT2D eigenvalue weighted by Gasteiger charge is -2.34. The summed E-state index contributed by atoms with van der Waals surface area (Å²) in [5, 5.41) is 12.2. The third kappa shape index (κ3) is 2.97. The van der Waals surface area contributed by atoms with Crippen LogP contribution in [0.4, 0.5) is 0 Å². The van der Waals surface area contributed by atoms with E-state index in [2.05, 4.69) is 5.32 Å². The van der Waals surface area contributed by atoms with Crippen LogP contribution in [0.2, 0.25) is 0 Å². The van der Waals surface area contributed by atoms with E-state index in [-0.39, 0.29) is 17.7 Å². The van der Waals surface area contributed by atoms with Crippen LogP contribution >= 0.6 is 0 Å². The van der Waals surface area contributed by atoms with E-state index < -0.39 is 5.97 Å². The molecule has 5 nitrogen and oxygen atoms in total. The van der Waals surface area contributed by atoms with Gasteiger partial charge in [0.2, 0.25) is 5.91 Å². The maximum absolute atomic E-state index is 12.2. The van der Waals surface area contributed by atoms with Gasteiger partial charge in [-0.05, 0) is 32.2 Å². The number of hydrogen-bond acceptors (Lipinski definition) is 3. The highest BCUT2D eigenvalue weighted by molar-refractivity contribution is 5.80. The Morgan fingerprint density at radius 1 is 1.18 bits per heavy atom. The van der Waals surface area contributed by atoms with Gasteiger partial charge in [0, 0.05) is 19.6 Å². The number of carboxylic acid groups (broad SMARTS) is 1. The molecule has 17 heavy (non-hydrogen) atoms. The summed E-state index contributed by atoms with van der Waals surface area (Å²) in [4.78, 5) is 24.9. The summed E-state index contributed by atoms with van der Waals surface area (Å²) in [5.74, 6) is -0.951. The summed E-state index contributed by atoms with van der Waals surface area (Å²) in [5.41, 5.74) is 0. The van der Waals surface area contributed by atoms with Gasteiger partial charge in [-0.15, -0.1) is 0 Å². The number of carbonyl (C=O) groups is 2. The lowest BCUT2D eigenvalue weighted by molar-refractivity contribution is -0.147. The fraction of sp³-hybridized carbons (Fsp3) is 0.833. The van der Waals surface area contributed by atoms with E-state index in [4.69, 9.17) is 5.11 Å². The smallest absolute Gasteiger partial charge is 0.308 e. The summed E-state index contributed by atoms with van der Waals surface area (Å²) >= 11 is 0. The van der Waals surface area contributed by atoms with Gasteiger partial charge in [0.25, 0.3) is 0 Å². The van der Waals surface area contributed by atoms with E-state index in [1.165, 1.54) is 0 Å². The van der Waals surface area contributed by atoms with E-state index >= 15 is 0 Å². The Morgan fingerprint density at radius 2 is 1.94 bits per heavy atom. The zero-order valence-electron chi connectivity index (χ0n) is 10.0. The van der Waals surface area contributed by atoms with Gasteiger partial charge in [-0.1, -0.05) is 0 Å². The van der Waals surface area contributed by atoms with Crippen LogP contribution in [0.3, 0.4) is 0 Å². The first-order valence-electron chi connectivity index (χ1n) is 6.41. The molecule has 0 radical (unpaired) electrons. The minimum absolute atomic E-state index is 0.0521. The highest BCUT2D eigenvalue weighted by atomic mass is 16.4. The third-order valence-corrected chi connectivity index (χ3v) is 3.73. The lowest BCUT2D eigenvalue weighted by Crippen LogP contribution is -2.48. The van der Waals surface area contributed by atoms with Gasteiger partial charge in [0.05, 0.1) is 11.8 Å². The van der Waals surface area contributed by atoms with Gasteiger partial charge in [0.15, 0.2) is 0 Å². The zero-order valence-corrected chi connectivity index (χ0v) is 10.0. The molecule has 0 unspecified atom stereocenters. The number of carbonyl (C=O) groups excluding carboxylic acids is 1. The van der Waals surface area contributed by atoms with Crippen molar-refractivity contribution in [1.29, 1.82) is 0 Å². The first-order valence-corrected chi connectivity index (χ1v) is 6.41. The molecule has 0 aromatic heterocycles. The Morgan fingerprint density at radius 3 is 2.59 bits per heavy atom. The molecule has 2 aliphatic rings. The number of piperidine rings is 2. The molecule has 96 valence electrons. The minimum Gasteiger partial charge on any atom is -0.481 e. The van der Waals surface area contributed by atoms with E-state index in [0.717, 1.165) is 38.9 Å². The standard InChI is InChI=1S/C12H20N2O3/c15-11(9-3-1-5-13-7-9)14-6-2-4-10(8-14)12(16)17/h9-10,13H,1-8H2,(H,16,17)/t9-,10-/m0/s1. The molecule has 0 aromatic rings. The molecule has 2 N–H and O–H groups in total. The second-order valence-electron chi connectivity index (χ2n) is 5.00. The Bertz CT molecular complexity index is 300. The molecule has 0 spiro atoms. The van der Waals surface area contributed by atoms with Crippen molar-refractivity contribution < 1.29 is 14.7 Å². The van der Waals surface area contributed by atoms with Gasteiger partial charge in [0.1, 0.15) is 0 Å². The normalized spacial score (nSPS) is 30.0. The van der Waals surface area contributed by atoms with Crippen LogP contribution in [-0.4, -0.2) is 48.1 Å². The Hall–Kier alpha value is -1.10. The predicted molar refractivity (Wildman–Crippen MR) is 62.5 cm³/mol.